The maximum atomic E-state index is 14.3. The Kier molecular flexibility index (Phi) is 34.5. The summed E-state index contributed by atoms with van der Waals surface area (Å²) in [5.74, 6) is -9.31. The number of hydrogen-bond acceptors (Lipinski definition) is 26. The van der Waals surface area contributed by atoms with Gasteiger partial charge in [0.25, 0.3) is 11.5 Å². The van der Waals surface area contributed by atoms with E-state index in [2.05, 4.69) is 79.3 Å². The average Bonchev–Trinajstić information content (AvgIpc) is 1.54. The number of amides is 12. The third-order valence-electron chi connectivity index (χ3n) is 20.3. The summed E-state index contributed by atoms with van der Waals surface area (Å²) < 4.78 is 30.3. The van der Waals surface area contributed by atoms with Crippen LogP contribution in [0.2, 0.25) is 0 Å². The molecule has 0 unspecified atom stereocenters. The van der Waals surface area contributed by atoms with Crippen molar-refractivity contribution >= 4 is 106 Å². The zero-order valence-corrected chi connectivity index (χ0v) is 69.1. The molecule has 3 aliphatic heterocycles. The Hall–Kier alpha value is -14.3. The molecule has 3 aliphatic rings. The van der Waals surface area contributed by atoms with E-state index < -0.39 is 132 Å². The van der Waals surface area contributed by atoms with Crippen LogP contribution in [-0.4, -0.2) is 233 Å². The molecule has 12 amide bonds. The first-order valence-corrected chi connectivity index (χ1v) is 40.6. The van der Waals surface area contributed by atoms with Crippen molar-refractivity contribution in [1.82, 2.24) is 83.0 Å². The van der Waals surface area contributed by atoms with E-state index in [4.69, 9.17) is 50.4 Å². The Morgan fingerprint density at radius 3 is 2.06 bits per heavy atom. The Labute approximate surface area is 720 Å². The number of carboxylic acids is 1. The molecule has 670 valence electrons. The fraction of sp³-hybridized carbons (Fsp3) is 0.410. The van der Waals surface area contributed by atoms with Crippen molar-refractivity contribution in [1.29, 1.82) is 5.41 Å². The molecule has 0 aliphatic carbocycles. The Bertz CT molecular complexity index is 5190. The van der Waals surface area contributed by atoms with Gasteiger partial charge in [0, 0.05) is 66.7 Å². The summed E-state index contributed by atoms with van der Waals surface area (Å²) in [6, 6.07) is 21.8. The molecule has 10 rings (SSSR count). The van der Waals surface area contributed by atoms with Gasteiger partial charge in [-0.05, 0) is 85.5 Å². The molecular formula is C83H101N21O22. The largest absolute Gasteiger partial charge is 0.481 e. The standard InChI is InChI=1S/C83H101N21O22/c1-3-83(120)58-39-66-70-56(44-104(66)78(116)57(58)47-124-79(83)117)55(54-13-7-8-14-59(54)96-70)42-92-126-31-28-89-82(119)125-46-52-21-23-53(24-22-52)94-73(111)61(16-10-27-88-81(86)118)97-71(109)48(2)93-77(115)65-45-103(102-101-65)29-32-122-34-36-123-35-33-121-30-25-67(105)90-41-51-19-17-50(18-20-51)38-63-74(112)98-60(15-9-26-87-80(84)85)72(110)91-43-68(106)95-64(40-69(107)108)76(114)100-62(75(113)99-63)37-49-11-5-4-6-12-49/h4-8,11-14,17-24,39,42,45,48,60-64,120H,3,9-10,15-16,25-38,40-41,43-44,46-47H2,1-2H3,(H,89,119)(H,90,105)(H,91,110)(H,93,115)(H,94,111)(H,95,106)(H,97,109)(H,98,112)(H,99,113)(H,100,114)(H,107,108)(H4,84,85,87)(H3,86,88,118)/b92-42+/t48-,60-,61-,62+,63-,64-,83-/m0/s1. The van der Waals surface area contributed by atoms with Gasteiger partial charge < -0.3 is 119 Å². The van der Waals surface area contributed by atoms with Gasteiger partial charge in [-0.3, -0.25) is 58.1 Å². The number of nitrogens with two attached hydrogens (primary N) is 2. The molecule has 0 bridgehead atoms. The first-order chi connectivity index (χ1) is 60.6. The highest BCUT2D eigenvalue weighted by Gasteiger charge is 2.46. The normalized spacial score (nSPS) is 17.4. The molecule has 3 aromatic heterocycles. The van der Waals surface area contributed by atoms with Gasteiger partial charge in [-0.1, -0.05) is 102 Å². The van der Waals surface area contributed by atoms with E-state index in [0.29, 0.717) is 56.0 Å². The molecule has 7 aromatic rings. The van der Waals surface area contributed by atoms with Crippen molar-refractivity contribution in [3.05, 3.63) is 176 Å². The number of fused-ring (bicyclic) bond motifs is 5. The topological polar surface area (TPSA) is 616 Å². The lowest BCUT2D eigenvalue weighted by atomic mass is 9.86. The number of esters is 1. The number of primary amides is 1. The minimum absolute atomic E-state index is 0.00295. The van der Waals surface area contributed by atoms with Crippen LogP contribution in [0.5, 0.6) is 0 Å². The van der Waals surface area contributed by atoms with Gasteiger partial charge >= 0.3 is 24.1 Å². The number of para-hydroxylation sites is 1. The number of aliphatic carboxylic acids is 1. The number of urea groups is 1. The quantitative estimate of drug-likeness (QED) is 0.00716. The first-order valence-electron chi connectivity index (χ1n) is 40.6. The molecule has 6 heterocycles. The summed E-state index contributed by atoms with van der Waals surface area (Å²) in [6.07, 6.45) is 1.51. The minimum atomic E-state index is -1.99. The number of nitrogens with one attached hydrogen (secondary N) is 13. The molecule has 19 N–H and O–H groups in total. The Morgan fingerprint density at radius 1 is 0.706 bits per heavy atom. The highest BCUT2D eigenvalue weighted by atomic mass is 16.6. The van der Waals surface area contributed by atoms with Crippen LogP contribution in [0.4, 0.5) is 15.3 Å². The van der Waals surface area contributed by atoms with E-state index >= 15 is 0 Å². The lowest BCUT2D eigenvalue weighted by Crippen LogP contribution is -2.58. The number of aromatic nitrogens is 5. The van der Waals surface area contributed by atoms with Gasteiger partial charge in [0.05, 0.1) is 107 Å². The maximum absolute atomic E-state index is 14.3. The summed E-state index contributed by atoms with van der Waals surface area (Å²) in [5, 5.41) is 72.3. The monoisotopic (exact) mass is 1740 g/mol. The van der Waals surface area contributed by atoms with E-state index in [9.17, 15) is 77.3 Å². The van der Waals surface area contributed by atoms with Crippen LogP contribution >= 0.6 is 0 Å². The molecular weight excluding hydrogens is 1640 g/mol. The number of cyclic esters (lactones) is 1. The van der Waals surface area contributed by atoms with Crippen LogP contribution in [0.3, 0.4) is 0 Å². The highest BCUT2D eigenvalue weighted by Crippen LogP contribution is 2.40. The van der Waals surface area contributed by atoms with E-state index in [1.165, 1.54) is 28.6 Å². The average molecular weight is 1740 g/mol. The molecule has 0 spiro atoms. The molecule has 0 radical (unpaired) electrons. The van der Waals surface area contributed by atoms with E-state index in [-0.39, 0.29) is 179 Å². The second-order valence-electron chi connectivity index (χ2n) is 29.5. The lowest BCUT2D eigenvalue weighted by Gasteiger charge is -2.31. The second-order valence-corrected chi connectivity index (χ2v) is 29.5. The molecule has 0 saturated carbocycles. The fourth-order valence-electron chi connectivity index (χ4n) is 13.6. The number of pyridine rings is 2. The van der Waals surface area contributed by atoms with Crippen LogP contribution < -0.4 is 80.8 Å². The second kappa shape index (κ2) is 46.2. The summed E-state index contributed by atoms with van der Waals surface area (Å²) in [4.78, 5) is 195. The van der Waals surface area contributed by atoms with Crippen LogP contribution in [0.1, 0.15) is 114 Å². The number of guanidine groups is 1. The number of anilines is 1. The zero-order valence-electron chi connectivity index (χ0n) is 69.1. The summed E-state index contributed by atoms with van der Waals surface area (Å²) in [5.41, 5.74) is 14.1. The number of carboxylic acid groups (broad SMARTS) is 1. The maximum Gasteiger partial charge on any atom is 0.407 e. The van der Waals surface area contributed by atoms with Crippen molar-refractivity contribution in [3.63, 3.8) is 0 Å². The molecule has 1 fully saturated rings. The van der Waals surface area contributed by atoms with E-state index in [1.807, 2.05) is 24.3 Å². The SMILES string of the molecule is CC[C@@]1(O)C(=O)OCc2c1cc1n(c2=O)Cc2c-1nc1ccccc1c2/C=N/OCCNC(=O)OCc1ccc(NC(=O)[C@H](CCCNC(N)=O)NC(=O)[C@H](C)NC(=O)c2cn(CCOCCOCCOCCC(=O)NCc3ccc(C[C@@H]4NC(=O)[C@@H](Cc5ccccc5)NC(=O)[C@H](CC(=O)O)NC(=O)CNC(=O)[C@H](CCCNC(=N)N)NC4=O)cc3)nn2)cc1. The number of carbonyl (C=O) groups is 13. The number of ether oxygens (including phenoxy) is 5. The highest BCUT2D eigenvalue weighted by molar-refractivity contribution is 6.03. The lowest BCUT2D eigenvalue weighted by molar-refractivity contribution is -0.172. The van der Waals surface area contributed by atoms with Gasteiger partial charge in [-0.15, -0.1) is 5.10 Å². The number of rotatable bonds is 42. The summed E-state index contributed by atoms with van der Waals surface area (Å²) in [7, 11) is 0. The number of carbonyl (C=O) groups excluding carboxylic acids is 12. The fourth-order valence-corrected chi connectivity index (χ4v) is 13.6. The Morgan fingerprint density at radius 2 is 1.36 bits per heavy atom. The number of aliphatic hydroxyl groups is 1. The van der Waals surface area contributed by atoms with Crippen molar-refractivity contribution in [2.45, 2.75) is 146 Å². The van der Waals surface area contributed by atoms with E-state index in [0.717, 1.165) is 5.39 Å². The van der Waals surface area contributed by atoms with E-state index in [1.54, 1.807) is 91.9 Å². The van der Waals surface area contributed by atoms with Gasteiger partial charge in [0.1, 0.15) is 56.1 Å². The van der Waals surface area contributed by atoms with Gasteiger partial charge in [0.2, 0.25) is 47.3 Å². The van der Waals surface area contributed by atoms with Crippen molar-refractivity contribution in [2.24, 2.45) is 16.6 Å². The third-order valence-corrected chi connectivity index (χ3v) is 20.3. The number of hydrogen-bond donors (Lipinski definition) is 17. The minimum Gasteiger partial charge on any atom is -0.481 e. The summed E-state index contributed by atoms with van der Waals surface area (Å²) >= 11 is 0. The van der Waals surface area contributed by atoms with Crippen molar-refractivity contribution in [2.75, 3.05) is 77.7 Å². The number of oxime groups is 1. The third kappa shape index (κ3) is 27.3. The summed E-state index contributed by atoms with van der Waals surface area (Å²) in [6.45, 7) is 3.58. The van der Waals surface area contributed by atoms with Crippen molar-refractivity contribution < 1.29 is 101 Å². The number of benzene rings is 4. The zero-order chi connectivity index (χ0) is 90.2. The smallest absolute Gasteiger partial charge is 0.407 e. The number of nitrogens with zero attached hydrogens (tertiary/aromatic N) is 6. The van der Waals surface area contributed by atoms with Crippen LogP contribution in [0.25, 0.3) is 22.3 Å². The molecule has 43 nitrogen and oxygen atoms in total. The van der Waals surface area contributed by atoms with Gasteiger partial charge in [-0.2, -0.15) is 0 Å². The molecule has 4 aromatic carbocycles. The first kappa shape index (κ1) is 93.9. The molecule has 43 heteroatoms. The predicted octanol–water partition coefficient (Wildman–Crippen LogP) is -1.01. The van der Waals surface area contributed by atoms with Gasteiger partial charge in [-0.25, -0.2) is 24.0 Å². The van der Waals surface area contributed by atoms with Gasteiger partial charge in [0.15, 0.2) is 17.3 Å². The van der Waals surface area contributed by atoms with Crippen LogP contribution in [0.15, 0.2) is 125 Å². The van der Waals surface area contributed by atoms with Crippen LogP contribution in [0, 0.1) is 5.41 Å². The predicted molar refractivity (Wildman–Crippen MR) is 448 cm³/mol. The molecule has 1 saturated heterocycles. The van der Waals surface area contributed by atoms with Crippen LogP contribution in [-0.2, 0) is 128 Å². The van der Waals surface area contributed by atoms with Crippen molar-refractivity contribution in [3.8, 4) is 11.4 Å². The Balaban J connectivity index is 0.595. The number of alkyl carbamates (subject to hydrolysis) is 1. The molecule has 7 atom stereocenters. The molecule has 126 heavy (non-hydrogen) atoms.